The Labute approximate surface area is 117 Å². The van der Waals surface area contributed by atoms with Crippen LogP contribution in [0.2, 0.25) is 0 Å². The number of nitrogens with zero attached hydrogens (tertiary/aromatic N) is 4. The van der Waals surface area contributed by atoms with Crippen LogP contribution in [0.5, 0.6) is 0 Å². The lowest BCUT2D eigenvalue weighted by atomic mass is 10.5. The maximum Gasteiger partial charge on any atom is 0.231 e. The second-order valence-corrected chi connectivity index (χ2v) is 5.71. The lowest BCUT2D eigenvalue weighted by Gasteiger charge is -2.11. The van der Waals surface area contributed by atoms with Crippen molar-refractivity contribution in [2.24, 2.45) is 0 Å². The molecule has 0 bridgehead atoms. The topological polar surface area (TPSA) is 80.0 Å². The fourth-order valence-electron chi connectivity index (χ4n) is 1.27. The Bertz CT molecular complexity index is 541. The first kappa shape index (κ1) is 13.0. The zero-order chi connectivity index (χ0) is 13.1. The molecular formula is C10H13BrN6S. The lowest BCUT2D eigenvalue weighted by molar-refractivity contribution is 0.953. The molecule has 6 nitrogen and oxygen atoms in total. The third-order valence-electron chi connectivity index (χ3n) is 2.08. The van der Waals surface area contributed by atoms with E-state index in [4.69, 9.17) is 5.73 Å². The van der Waals surface area contributed by atoms with Gasteiger partial charge in [-0.1, -0.05) is 0 Å². The second-order valence-electron chi connectivity index (χ2n) is 3.80. The zero-order valence-electron chi connectivity index (χ0n) is 10.0. The van der Waals surface area contributed by atoms with Crippen LogP contribution in [0.4, 0.5) is 17.8 Å². The van der Waals surface area contributed by atoms with E-state index in [0.717, 1.165) is 4.47 Å². The predicted octanol–water partition coefficient (Wildman–Crippen LogP) is 1.96. The maximum absolute atomic E-state index is 5.64. The van der Waals surface area contributed by atoms with Gasteiger partial charge in [-0.15, -0.1) is 11.3 Å². The van der Waals surface area contributed by atoms with Crippen LogP contribution < -0.4 is 16.0 Å². The Kier molecular flexibility index (Phi) is 3.97. The summed E-state index contributed by atoms with van der Waals surface area (Å²) >= 11 is 5.08. The number of halogens is 1. The molecule has 2 aromatic heterocycles. The number of aromatic nitrogens is 3. The van der Waals surface area contributed by atoms with Crippen molar-refractivity contribution >= 4 is 45.1 Å². The van der Waals surface area contributed by atoms with Crippen molar-refractivity contribution < 1.29 is 0 Å². The van der Waals surface area contributed by atoms with Gasteiger partial charge in [0, 0.05) is 28.8 Å². The summed E-state index contributed by atoms with van der Waals surface area (Å²) < 4.78 is 1.08. The molecule has 0 aliphatic rings. The molecule has 0 atom stereocenters. The number of nitrogens with two attached hydrogens (primary N) is 1. The van der Waals surface area contributed by atoms with Crippen LogP contribution in [0, 0.1) is 0 Å². The first-order valence-corrected chi connectivity index (χ1v) is 6.87. The molecule has 0 unspecified atom stereocenters. The lowest BCUT2D eigenvalue weighted by Crippen LogP contribution is -2.16. The normalized spacial score (nSPS) is 10.4. The average molecular weight is 329 g/mol. The van der Waals surface area contributed by atoms with Crippen LogP contribution >= 0.6 is 27.3 Å². The molecule has 18 heavy (non-hydrogen) atoms. The van der Waals surface area contributed by atoms with Crippen molar-refractivity contribution in [2.75, 3.05) is 30.0 Å². The van der Waals surface area contributed by atoms with E-state index in [2.05, 4.69) is 42.3 Å². The summed E-state index contributed by atoms with van der Waals surface area (Å²) in [5.74, 6) is 1.23. The van der Waals surface area contributed by atoms with Gasteiger partial charge in [-0.2, -0.15) is 15.0 Å². The first-order valence-electron chi connectivity index (χ1n) is 5.20. The van der Waals surface area contributed by atoms with Crippen LogP contribution in [-0.2, 0) is 6.54 Å². The smallest absolute Gasteiger partial charge is 0.231 e. The summed E-state index contributed by atoms with van der Waals surface area (Å²) in [6.45, 7) is 0.659. The van der Waals surface area contributed by atoms with Gasteiger partial charge in [0.15, 0.2) is 0 Å². The summed E-state index contributed by atoms with van der Waals surface area (Å²) in [6.07, 6.45) is 0. The van der Waals surface area contributed by atoms with E-state index < -0.39 is 0 Å². The van der Waals surface area contributed by atoms with Gasteiger partial charge in [-0.05, 0) is 22.0 Å². The molecule has 8 heteroatoms. The molecule has 0 aromatic carbocycles. The molecule has 0 radical (unpaired) electrons. The highest BCUT2D eigenvalue weighted by Crippen LogP contribution is 2.20. The highest BCUT2D eigenvalue weighted by atomic mass is 79.9. The minimum atomic E-state index is 0.212. The number of nitrogen functional groups attached to an aromatic ring is 1. The van der Waals surface area contributed by atoms with Crippen molar-refractivity contribution in [3.63, 3.8) is 0 Å². The fraction of sp³-hybridized carbons (Fsp3) is 0.300. The molecular weight excluding hydrogens is 316 g/mol. The zero-order valence-corrected chi connectivity index (χ0v) is 12.4. The average Bonchev–Trinajstić information content (AvgIpc) is 2.72. The Morgan fingerprint density at radius 3 is 2.78 bits per heavy atom. The number of rotatable bonds is 4. The summed E-state index contributed by atoms with van der Waals surface area (Å²) in [6, 6.07) is 2.05. The molecule has 0 saturated heterocycles. The molecule has 0 spiro atoms. The number of hydrogen-bond donors (Lipinski definition) is 2. The summed E-state index contributed by atoms with van der Waals surface area (Å²) in [5, 5.41) is 5.16. The third kappa shape index (κ3) is 3.30. The largest absolute Gasteiger partial charge is 0.368 e. The molecule has 0 amide bonds. The minimum absolute atomic E-state index is 0.212. The van der Waals surface area contributed by atoms with Crippen LogP contribution in [0.1, 0.15) is 4.88 Å². The predicted molar refractivity (Wildman–Crippen MR) is 77.9 cm³/mol. The molecule has 96 valence electrons. The Balaban J connectivity index is 2.09. The fourth-order valence-corrected chi connectivity index (χ4v) is 2.66. The van der Waals surface area contributed by atoms with Crippen molar-refractivity contribution in [3.05, 3.63) is 20.8 Å². The van der Waals surface area contributed by atoms with Crippen LogP contribution in [0.25, 0.3) is 0 Å². The summed E-state index contributed by atoms with van der Waals surface area (Å²) in [4.78, 5) is 15.3. The molecule has 2 rings (SSSR count). The number of hydrogen-bond acceptors (Lipinski definition) is 7. The van der Waals surface area contributed by atoms with Crippen molar-refractivity contribution in [3.8, 4) is 0 Å². The van der Waals surface area contributed by atoms with Gasteiger partial charge in [0.1, 0.15) is 0 Å². The minimum Gasteiger partial charge on any atom is -0.368 e. The Morgan fingerprint density at radius 1 is 1.39 bits per heavy atom. The van der Waals surface area contributed by atoms with Gasteiger partial charge < -0.3 is 16.0 Å². The highest BCUT2D eigenvalue weighted by Gasteiger charge is 2.06. The van der Waals surface area contributed by atoms with Gasteiger partial charge in [0.25, 0.3) is 0 Å². The van der Waals surface area contributed by atoms with E-state index in [0.29, 0.717) is 18.4 Å². The van der Waals surface area contributed by atoms with Crippen molar-refractivity contribution in [2.45, 2.75) is 6.54 Å². The monoisotopic (exact) mass is 328 g/mol. The molecule has 2 aromatic rings. The number of nitrogens with one attached hydrogen (secondary N) is 1. The van der Waals surface area contributed by atoms with Gasteiger partial charge in [0.05, 0.1) is 6.54 Å². The maximum atomic E-state index is 5.64. The van der Waals surface area contributed by atoms with Crippen LogP contribution in [0.3, 0.4) is 0 Å². The molecule has 3 N–H and O–H groups in total. The van der Waals surface area contributed by atoms with E-state index >= 15 is 0 Å². The van der Waals surface area contributed by atoms with Crippen LogP contribution in [0.15, 0.2) is 15.9 Å². The van der Waals surface area contributed by atoms with E-state index in [9.17, 15) is 0 Å². The van der Waals surface area contributed by atoms with Gasteiger partial charge in [-0.25, -0.2) is 0 Å². The Hall–Kier alpha value is -1.41. The Morgan fingerprint density at radius 2 is 2.17 bits per heavy atom. The second kappa shape index (κ2) is 5.49. The summed E-state index contributed by atoms with van der Waals surface area (Å²) in [7, 11) is 3.71. The van der Waals surface area contributed by atoms with E-state index in [1.54, 1.807) is 16.2 Å². The molecule has 0 fully saturated rings. The van der Waals surface area contributed by atoms with Gasteiger partial charge in [0.2, 0.25) is 17.8 Å². The van der Waals surface area contributed by atoms with Crippen molar-refractivity contribution in [1.29, 1.82) is 0 Å². The molecule has 2 heterocycles. The number of thiophene rings is 1. The highest BCUT2D eigenvalue weighted by molar-refractivity contribution is 9.10. The van der Waals surface area contributed by atoms with E-state index in [1.165, 1.54) is 4.88 Å². The standard InChI is InChI=1S/C10H13BrN6S/c1-17(2)10-15-8(12)14-9(16-10)13-4-7-3-6(11)5-18-7/h3,5H,4H2,1-2H3,(H3,12,13,14,15,16). The van der Waals surface area contributed by atoms with Gasteiger partial charge in [-0.3, -0.25) is 0 Å². The summed E-state index contributed by atoms with van der Waals surface area (Å²) in [5.41, 5.74) is 5.64. The first-order chi connectivity index (χ1) is 8.54. The van der Waals surface area contributed by atoms with Gasteiger partial charge >= 0.3 is 0 Å². The SMILES string of the molecule is CN(C)c1nc(N)nc(NCc2cc(Br)cs2)n1. The molecule has 0 aliphatic carbocycles. The third-order valence-corrected chi connectivity index (χ3v) is 3.78. The van der Waals surface area contributed by atoms with E-state index in [-0.39, 0.29) is 5.95 Å². The van der Waals surface area contributed by atoms with E-state index in [1.807, 2.05) is 19.5 Å². The van der Waals surface area contributed by atoms with Crippen LogP contribution in [-0.4, -0.2) is 29.0 Å². The number of anilines is 3. The van der Waals surface area contributed by atoms with Crippen molar-refractivity contribution in [1.82, 2.24) is 15.0 Å². The molecule has 0 aliphatic heterocycles. The quantitative estimate of drug-likeness (QED) is 0.893. The molecule has 0 saturated carbocycles.